The zero-order valence-electron chi connectivity index (χ0n) is 10.2. The molecular formula is C14H11BrN2OS. The molecule has 3 nitrogen and oxygen atoms in total. The number of fused-ring (bicyclic) bond motifs is 1. The number of rotatable bonds is 3. The van der Waals surface area contributed by atoms with Crippen LogP contribution < -0.4 is 10.1 Å². The maximum Gasteiger partial charge on any atom is 0.188 e. The Hall–Kier alpha value is -1.59. The number of anilines is 2. The molecule has 0 bridgehead atoms. The molecule has 0 fully saturated rings. The van der Waals surface area contributed by atoms with Gasteiger partial charge in [0.2, 0.25) is 0 Å². The van der Waals surface area contributed by atoms with Crippen LogP contribution in [0.3, 0.4) is 0 Å². The topological polar surface area (TPSA) is 34.1 Å². The van der Waals surface area contributed by atoms with E-state index in [1.165, 1.54) is 4.70 Å². The van der Waals surface area contributed by atoms with Crippen molar-refractivity contribution in [2.75, 3.05) is 12.4 Å². The zero-order valence-corrected chi connectivity index (χ0v) is 12.6. The molecule has 0 aliphatic rings. The van der Waals surface area contributed by atoms with Gasteiger partial charge in [-0.2, -0.15) is 0 Å². The molecule has 19 heavy (non-hydrogen) atoms. The Morgan fingerprint density at radius 1 is 1.21 bits per heavy atom. The molecule has 1 heterocycles. The van der Waals surface area contributed by atoms with Crippen molar-refractivity contribution in [3.05, 3.63) is 46.9 Å². The second kappa shape index (κ2) is 5.19. The molecule has 5 heteroatoms. The second-order valence-electron chi connectivity index (χ2n) is 3.96. The Morgan fingerprint density at radius 3 is 2.84 bits per heavy atom. The van der Waals surface area contributed by atoms with Gasteiger partial charge in [-0.1, -0.05) is 39.4 Å². The molecule has 0 unspecified atom stereocenters. The van der Waals surface area contributed by atoms with Crippen LogP contribution in [0.4, 0.5) is 10.8 Å². The number of aromatic nitrogens is 1. The lowest BCUT2D eigenvalue weighted by atomic mass is 10.3. The molecule has 3 aromatic rings. The molecule has 0 radical (unpaired) electrons. The molecule has 3 rings (SSSR count). The summed E-state index contributed by atoms with van der Waals surface area (Å²) in [5.41, 5.74) is 1.90. The second-order valence-corrected chi connectivity index (χ2v) is 5.90. The van der Waals surface area contributed by atoms with E-state index in [4.69, 9.17) is 4.74 Å². The first kappa shape index (κ1) is 12.4. The van der Waals surface area contributed by atoms with Gasteiger partial charge >= 0.3 is 0 Å². The first-order valence-corrected chi connectivity index (χ1v) is 7.33. The Bertz CT molecular complexity index is 693. The number of para-hydroxylation sites is 1. The predicted octanol–water partition coefficient (Wildman–Crippen LogP) is 4.81. The fourth-order valence-electron chi connectivity index (χ4n) is 1.82. The maximum atomic E-state index is 5.34. The van der Waals surface area contributed by atoms with E-state index >= 15 is 0 Å². The fraction of sp³-hybridized carbons (Fsp3) is 0.0714. The molecule has 0 amide bonds. The number of nitrogens with one attached hydrogen (secondary N) is 1. The first-order chi connectivity index (χ1) is 9.26. The smallest absolute Gasteiger partial charge is 0.188 e. The van der Waals surface area contributed by atoms with Gasteiger partial charge in [0.25, 0.3) is 0 Å². The molecule has 0 atom stereocenters. The lowest BCUT2D eigenvalue weighted by Gasteiger charge is -2.09. The number of ether oxygens (including phenoxy) is 1. The van der Waals surface area contributed by atoms with E-state index in [0.29, 0.717) is 0 Å². The first-order valence-electron chi connectivity index (χ1n) is 5.72. The predicted molar refractivity (Wildman–Crippen MR) is 83.6 cm³/mol. The standard InChI is InChI=1S/C14H11BrN2OS/c1-18-12-7-6-9(15)8-11(12)17-14-16-10-4-2-3-5-13(10)19-14/h2-8H,1H3,(H,16,17). The quantitative estimate of drug-likeness (QED) is 0.746. The van der Waals surface area contributed by atoms with Crippen molar-refractivity contribution in [1.29, 1.82) is 0 Å². The van der Waals surface area contributed by atoms with Crippen molar-refractivity contribution in [3.63, 3.8) is 0 Å². The van der Waals surface area contributed by atoms with Gasteiger partial charge in [0, 0.05) is 4.47 Å². The summed E-state index contributed by atoms with van der Waals surface area (Å²) in [6, 6.07) is 13.9. The van der Waals surface area contributed by atoms with Crippen molar-refractivity contribution in [1.82, 2.24) is 4.98 Å². The summed E-state index contributed by atoms with van der Waals surface area (Å²) in [5.74, 6) is 0.794. The lowest BCUT2D eigenvalue weighted by molar-refractivity contribution is 0.417. The van der Waals surface area contributed by atoms with Crippen molar-refractivity contribution < 1.29 is 4.74 Å². The average molecular weight is 335 g/mol. The van der Waals surface area contributed by atoms with Crippen LogP contribution in [0.2, 0.25) is 0 Å². The van der Waals surface area contributed by atoms with Crippen LogP contribution in [-0.2, 0) is 0 Å². The third-order valence-electron chi connectivity index (χ3n) is 2.70. The summed E-state index contributed by atoms with van der Waals surface area (Å²) in [5, 5.41) is 4.16. The normalized spacial score (nSPS) is 10.6. The Morgan fingerprint density at radius 2 is 2.05 bits per heavy atom. The van der Waals surface area contributed by atoms with Gasteiger partial charge in [0.05, 0.1) is 23.0 Å². The van der Waals surface area contributed by atoms with E-state index < -0.39 is 0 Å². The third kappa shape index (κ3) is 2.57. The molecular weight excluding hydrogens is 324 g/mol. The van der Waals surface area contributed by atoms with Crippen LogP contribution in [-0.4, -0.2) is 12.1 Å². The van der Waals surface area contributed by atoms with Crippen LogP contribution in [0, 0.1) is 0 Å². The molecule has 0 aliphatic heterocycles. The van der Waals surface area contributed by atoms with E-state index in [0.717, 1.165) is 26.6 Å². The highest BCUT2D eigenvalue weighted by Crippen LogP contribution is 2.33. The van der Waals surface area contributed by atoms with Crippen LogP contribution in [0.25, 0.3) is 10.2 Å². The highest BCUT2D eigenvalue weighted by Gasteiger charge is 2.07. The molecule has 96 valence electrons. The SMILES string of the molecule is COc1ccc(Br)cc1Nc1nc2ccccc2s1. The van der Waals surface area contributed by atoms with Gasteiger partial charge in [-0.05, 0) is 30.3 Å². The summed E-state index contributed by atoms with van der Waals surface area (Å²) in [6.45, 7) is 0. The molecule has 0 saturated heterocycles. The molecule has 0 saturated carbocycles. The van der Waals surface area contributed by atoms with Crippen molar-refractivity contribution in [3.8, 4) is 5.75 Å². The van der Waals surface area contributed by atoms with E-state index in [9.17, 15) is 0 Å². The van der Waals surface area contributed by atoms with Crippen LogP contribution in [0.15, 0.2) is 46.9 Å². The molecule has 0 spiro atoms. The summed E-state index contributed by atoms with van der Waals surface area (Å²) < 4.78 is 7.50. The Labute approximate surface area is 123 Å². The average Bonchev–Trinajstić information content (AvgIpc) is 2.81. The van der Waals surface area contributed by atoms with Crippen molar-refractivity contribution >= 4 is 48.3 Å². The van der Waals surface area contributed by atoms with Crippen LogP contribution in [0.1, 0.15) is 0 Å². The molecule has 1 aromatic heterocycles. The molecule has 0 aliphatic carbocycles. The number of nitrogens with zero attached hydrogens (tertiary/aromatic N) is 1. The number of methoxy groups -OCH3 is 1. The summed E-state index contributed by atoms with van der Waals surface area (Å²) in [6.07, 6.45) is 0. The van der Waals surface area contributed by atoms with Gasteiger partial charge in [-0.3, -0.25) is 0 Å². The number of hydrogen-bond donors (Lipinski definition) is 1. The number of halogens is 1. The monoisotopic (exact) mass is 334 g/mol. The minimum absolute atomic E-state index is 0.794. The minimum atomic E-state index is 0.794. The Kier molecular flexibility index (Phi) is 3.40. The summed E-state index contributed by atoms with van der Waals surface area (Å²) in [7, 11) is 1.66. The van der Waals surface area contributed by atoms with Gasteiger partial charge in [-0.25, -0.2) is 4.98 Å². The van der Waals surface area contributed by atoms with E-state index in [2.05, 4.69) is 32.3 Å². The highest BCUT2D eigenvalue weighted by atomic mass is 79.9. The highest BCUT2D eigenvalue weighted by molar-refractivity contribution is 9.10. The third-order valence-corrected chi connectivity index (χ3v) is 4.14. The lowest BCUT2D eigenvalue weighted by Crippen LogP contribution is -1.93. The Balaban J connectivity index is 1.98. The van der Waals surface area contributed by atoms with Crippen molar-refractivity contribution in [2.45, 2.75) is 0 Å². The van der Waals surface area contributed by atoms with Gasteiger partial charge < -0.3 is 10.1 Å². The van der Waals surface area contributed by atoms with Gasteiger partial charge in [-0.15, -0.1) is 0 Å². The summed E-state index contributed by atoms with van der Waals surface area (Å²) in [4.78, 5) is 4.55. The van der Waals surface area contributed by atoms with Gasteiger partial charge in [0.15, 0.2) is 5.13 Å². The van der Waals surface area contributed by atoms with Gasteiger partial charge in [0.1, 0.15) is 5.75 Å². The fourth-order valence-corrected chi connectivity index (χ4v) is 3.06. The minimum Gasteiger partial charge on any atom is -0.495 e. The summed E-state index contributed by atoms with van der Waals surface area (Å²) >= 11 is 5.09. The maximum absolute atomic E-state index is 5.34. The van der Waals surface area contributed by atoms with Crippen molar-refractivity contribution in [2.24, 2.45) is 0 Å². The zero-order chi connectivity index (χ0) is 13.2. The molecule has 1 N–H and O–H groups in total. The van der Waals surface area contributed by atoms with E-state index in [1.807, 2.05) is 36.4 Å². The number of hydrogen-bond acceptors (Lipinski definition) is 4. The van der Waals surface area contributed by atoms with Crippen LogP contribution >= 0.6 is 27.3 Å². The number of benzene rings is 2. The van der Waals surface area contributed by atoms with E-state index in [-0.39, 0.29) is 0 Å². The largest absolute Gasteiger partial charge is 0.495 e. The molecule has 2 aromatic carbocycles. The van der Waals surface area contributed by atoms with Crippen LogP contribution in [0.5, 0.6) is 5.75 Å². The van der Waals surface area contributed by atoms with E-state index in [1.54, 1.807) is 18.4 Å². The number of thiazole rings is 1.